The fourth-order valence-electron chi connectivity index (χ4n) is 3.64. The van der Waals surface area contributed by atoms with Crippen LogP contribution in [0.15, 0.2) is 78.9 Å². The molecule has 2 heteroatoms. The van der Waals surface area contributed by atoms with Crippen molar-refractivity contribution in [1.29, 1.82) is 0 Å². The van der Waals surface area contributed by atoms with Gasteiger partial charge < -0.3 is 10.4 Å². The van der Waals surface area contributed by atoms with E-state index in [0.29, 0.717) is 17.7 Å². The predicted octanol–water partition coefficient (Wildman–Crippen LogP) is 5.44. The Balaban J connectivity index is 1.59. The van der Waals surface area contributed by atoms with Gasteiger partial charge in [0.05, 0.1) is 0 Å². The van der Waals surface area contributed by atoms with E-state index in [9.17, 15) is 5.11 Å². The second-order valence-electron chi connectivity index (χ2n) is 7.34. The van der Waals surface area contributed by atoms with E-state index < -0.39 is 0 Å². The monoisotopic (exact) mass is 359 g/mol. The number of benzene rings is 3. The maximum Gasteiger partial charge on any atom is 0.118 e. The molecule has 0 radical (unpaired) electrons. The number of nitrogens with one attached hydrogen (secondary N) is 1. The van der Waals surface area contributed by atoms with E-state index in [4.69, 9.17) is 0 Å². The fraction of sp³-hybridized carbons (Fsp3) is 0.280. The molecule has 0 bridgehead atoms. The zero-order valence-corrected chi connectivity index (χ0v) is 16.2. The first kappa shape index (κ1) is 19.2. The van der Waals surface area contributed by atoms with Gasteiger partial charge in [-0.2, -0.15) is 0 Å². The van der Waals surface area contributed by atoms with Crippen LogP contribution in [0.2, 0.25) is 0 Å². The molecule has 0 fully saturated rings. The van der Waals surface area contributed by atoms with Crippen LogP contribution in [0, 0.1) is 6.92 Å². The molecule has 1 atom stereocenters. The average molecular weight is 360 g/mol. The zero-order valence-electron chi connectivity index (χ0n) is 16.2. The van der Waals surface area contributed by atoms with Crippen LogP contribution in [0.4, 0.5) is 0 Å². The van der Waals surface area contributed by atoms with Gasteiger partial charge in [0.25, 0.3) is 0 Å². The van der Waals surface area contributed by atoms with Gasteiger partial charge in [-0.1, -0.05) is 72.8 Å². The molecule has 140 valence electrons. The van der Waals surface area contributed by atoms with Gasteiger partial charge >= 0.3 is 0 Å². The van der Waals surface area contributed by atoms with Crippen LogP contribution >= 0.6 is 0 Å². The fourth-order valence-corrected chi connectivity index (χ4v) is 3.64. The number of aryl methyl sites for hydroxylation is 1. The average Bonchev–Trinajstić information content (AvgIpc) is 2.69. The normalized spacial score (nSPS) is 12.3. The summed E-state index contributed by atoms with van der Waals surface area (Å²) in [6.07, 6.45) is 2.02. The first-order chi connectivity index (χ1) is 13.1. The number of hydrogen-bond donors (Lipinski definition) is 2. The molecule has 0 amide bonds. The number of rotatable bonds is 8. The lowest BCUT2D eigenvalue weighted by Crippen LogP contribution is -2.30. The molecular weight excluding hydrogens is 330 g/mol. The van der Waals surface area contributed by atoms with Crippen molar-refractivity contribution in [2.75, 3.05) is 6.54 Å². The SMILES string of the molecule is Cc1cc(CC(C)NCCC(c2ccccc2)c2ccccc2)ccc1O. The Kier molecular flexibility index (Phi) is 6.67. The largest absolute Gasteiger partial charge is 0.508 e. The summed E-state index contributed by atoms with van der Waals surface area (Å²) in [7, 11) is 0. The summed E-state index contributed by atoms with van der Waals surface area (Å²) >= 11 is 0. The van der Waals surface area contributed by atoms with E-state index in [2.05, 4.69) is 79.0 Å². The molecule has 0 heterocycles. The Morgan fingerprint density at radius 1 is 0.852 bits per heavy atom. The van der Waals surface area contributed by atoms with Crippen molar-refractivity contribution in [2.24, 2.45) is 0 Å². The van der Waals surface area contributed by atoms with Crippen molar-refractivity contribution in [2.45, 2.75) is 38.6 Å². The third-order valence-corrected chi connectivity index (χ3v) is 5.13. The van der Waals surface area contributed by atoms with Crippen molar-refractivity contribution in [1.82, 2.24) is 5.32 Å². The van der Waals surface area contributed by atoms with E-state index in [1.807, 2.05) is 13.0 Å². The van der Waals surface area contributed by atoms with Crippen LogP contribution in [0.3, 0.4) is 0 Å². The summed E-state index contributed by atoms with van der Waals surface area (Å²) in [4.78, 5) is 0. The van der Waals surface area contributed by atoms with Crippen molar-refractivity contribution < 1.29 is 5.11 Å². The Morgan fingerprint density at radius 3 is 2.00 bits per heavy atom. The molecule has 0 aromatic heterocycles. The van der Waals surface area contributed by atoms with Crippen molar-refractivity contribution in [3.63, 3.8) is 0 Å². The van der Waals surface area contributed by atoms with E-state index in [0.717, 1.165) is 24.9 Å². The number of phenolic OH excluding ortho intramolecular Hbond substituents is 1. The quantitative estimate of drug-likeness (QED) is 0.561. The third kappa shape index (κ3) is 5.45. The highest BCUT2D eigenvalue weighted by Gasteiger charge is 2.14. The summed E-state index contributed by atoms with van der Waals surface area (Å²) < 4.78 is 0. The molecule has 3 aromatic rings. The molecule has 0 saturated heterocycles. The summed E-state index contributed by atoms with van der Waals surface area (Å²) in [6, 6.07) is 27.8. The van der Waals surface area contributed by atoms with Crippen LogP contribution < -0.4 is 5.32 Å². The second-order valence-corrected chi connectivity index (χ2v) is 7.34. The molecule has 27 heavy (non-hydrogen) atoms. The Labute approximate surface area is 162 Å². The molecule has 0 saturated carbocycles. The van der Waals surface area contributed by atoms with E-state index in [1.54, 1.807) is 6.07 Å². The van der Waals surface area contributed by atoms with Crippen LogP contribution in [0.5, 0.6) is 5.75 Å². The standard InChI is InChI=1S/C25H29NO/c1-19-17-21(13-14-25(19)27)18-20(2)26-16-15-24(22-9-5-3-6-10-22)23-11-7-4-8-12-23/h3-14,17,20,24,26-27H,15-16,18H2,1-2H3. The minimum absolute atomic E-state index is 0.368. The predicted molar refractivity (Wildman–Crippen MR) is 113 cm³/mol. The highest BCUT2D eigenvalue weighted by atomic mass is 16.3. The van der Waals surface area contributed by atoms with E-state index >= 15 is 0 Å². The first-order valence-corrected chi connectivity index (χ1v) is 9.75. The summed E-state index contributed by atoms with van der Waals surface area (Å²) in [5.41, 5.74) is 4.93. The number of phenols is 1. The minimum Gasteiger partial charge on any atom is -0.508 e. The van der Waals surface area contributed by atoms with Crippen LogP contribution in [-0.4, -0.2) is 17.7 Å². The Bertz CT molecular complexity index is 790. The molecule has 0 aliphatic rings. The molecular formula is C25H29NO. The lowest BCUT2D eigenvalue weighted by Gasteiger charge is -2.20. The Morgan fingerprint density at radius 2 is 1.44 bits per heavy atom. The van der Waals surface area contributed by atoms with Gasteiger partial charge in [0, 0.05) is 12.0 Å². The summed E-state index contributed by atoms with van der Waals surface area (Å²) in [6.45, 7) is 5.14. The van der Waals surface area contributed by atoms with Crippen molar-refractivity contribution >= 4 is 0 Å². The van der Waals surface area contributed by atoms with Gasteiger partial charge in [-0.15, -0.1) is 0 Å². The van der Waals surface area contributed by atoms with Crippen LogP contribution in [0.25, 0.3) is 0 Å². The van der Waals surface area contributed by atoms with Crippen LogP contribution in [0.1, 0.15) is 41.5 Å². The smallest absolute Gasteiger partial charge is 0.118 e. The van der Waals surface area contributed by atoms with Gasteiger partial charge in [-0.25, -0.2) is 0 Å². The lowest BCUT2D eigenvalue weighted by atomic mass is 9.88. The molecule has 3 rings (SSSR count). The number of hydrogen-bond acceptors (Lipinski definition) is 2. The van der Waals surface area contributed by atoms with E-state index in [-0.39, 0.29) is 0 Å². The zero-order chi connectivity index (χ0) is 19.1. The highest BCUT2D eigenvalue weighted by molar-refractivity contribution is 5.35. The van der Waals surface area contributed by atoms with Crippen molar-refractivity contribution in [3.05, 3.63) is 101 Å². The number of aromatic hydroxyl groups is 1. The second kappa shape index (κ2) is 9.38. The maximum atomic E-state index is 9.68. The Hall–Kier alpha value is -2.58. The van der Waals surface area contributed by atoms with Gasteiger partial charge in [0.2, 0.25) is 0 Å². The van der Waals surface area contributed by atoms with Gasteiger partial charge in [-0.05, 0) is 61.6 Å². The van der Waals surface area contributed by atoms with Gasteiger partial charge in [-0.3, -0.25) is 0 Å². The minimum atomic E-state index is 0.368. The maximum absolute atomic E-state index is 9.68. The third-order valence-electron chi connectivity index (χ3n) is 5.13. The topological polar surface area (TPSA) is 32.3 Å². The molecule has 2 nitrogen and oxygen atoms in total. The van der Waals surface area contributed by atoms with Gasteiger partial charge in [0.15, 0.2) is 0 Å². The molecule has 0 spiro atoms. The molecule has 0 aliphatic carbocycles. The first-order valence-electron chi connectivity index (χ1n) is 9.75. The highest BCUT2D eigenvalue weighted by Crippen LogP contribution is 2.27. The molecule has 0 aliphatic heterocycles. The van der Waals surface area contributed by atoms with E-state index in [1.165, 1.54) is 16.7 Å². The summed E-state index contributed by atoms with van der Waals surface area (Å²) in [5.74, 6) is 0.774. The van der Waals surface area contributed by atoms with Gasteiger partial charge in [0.1, 0.15) is 5.75 Å². The molecule has 1 unspecified atom stereocenters. The lowest BCUT2D eigenvalue weighted by molar-refractivity contribution is 0.470. The van der Waals surface area contributed by atoms with Crippen LogP contribution in [-0.2, 0) is 6.42 Å². The van der Waals surface area contributed by atoms with Crippen molar-refractivity contribution in [3.8, 4) is 5.75 Å². The molecule has 2 N–H and O–H groups in total. The molecule has 3 aromatic carbocycles. The summed E-state index contributed by atoms with van der Waals surface area (Å²) in [5, 5.41) is 13.4.